The largest absolute Gasteiger partial charge is 0.477 e. The Morgan fingerprint density at radius 2 is 2.00 bits per heavy atom. The molecule has 8 heteroatoms. The molecule has 1 atom stereocenters. The first-order valence-electron chi connectivity index (χ1n) is 12.0. The molecule has 0 bridgehead atoms. The maximum absolute atomic E-state index is 15.3. The number of halogens is 1. The van der Waals surface area contributed by atoms with Crippen molar-refractivity contribution in [2.75, 3.05) is 18.4 Å². The number of nitrogens with zero attached hydrogens (tertiary/aromatic N) is 1. The van der Waals surface area contributed by atoms with Crippen LogP contribution in [0.25, 0.3) is 27.7 Å². The molecular weight excluding hydrogens is 461 g/mol. The zero-order chi connectivity index (χ0) is 24.8. The Morgan fingerprint density at radius 3 is 2.75 bits per heavy atom. The van der Waals surface area contributed by atoms with E-state index in [0.29, 0.717) is 29.5 Å². The van der Waals surface area contributed by atoms with Crippen LogP contribution < -0.4 is 20.8 Å². The van der Waals surface area contributed by atoms with E-state index in [4.69, 9.17) is 4.74 Å². The number of benzene rings is 3. The lowest BCUT2D eigenvalue weighted by atomic mass is 10.0. The highest BCUT2D eigenvalue weighted by Crippen LogP contribution is 2.46. The van der Waals surface area contributed by atoms with Gasteiger partial charge in [0.1, 0.15) is 16.8 Å². The van der Waals surface area contributed by atoms with E-state index in [9.17, 15) is 14.7 Å². The zero-order valence-electron chi connectivity index (χ0n) is 19.4. The number of carboxylic acid groups (broad SMARTS) is 1. The van der Waals surface area contributed by atoms with E-state index in [0.717, 1.165) is 43.0 Å². The third kappa shape index (κ3) is 3.70. The van der Waals surface area contributed by atoms with Gasteiger partial charge in [0.05, 0.1) is 11.1 Å². The van der Waals surface area contributed by atoms with Gasteiger partial charge in [0, 0.05) is 18.8 Å². The summed E-state index contributed by atoms with van der Waals surface area (Å²) in [5.41, 5.74) is 1.77. The van der Waals surface area contributed by atoms with Crippen molar-refractivity contribution >= 4 is 22.6 Å². The monoisotopic (exact) mass is 485 g/mol. The number of hydrogen-bond acceptors (Lipinski definition) is 5. The third-order valence-electron chi connectivity index (χ3n) is 6.92. The first kappa shape index (κ1) is 22.3. The molecule has 0 aliphatic carbocycles. The second-order valence-electron chi connectivity index (χ2n) is 9.17. The first-order valence-corrected chi connectivity index (χ1v) is 12.0. The molecule has 4 aromatic rings. The summed E-state index contributed by atoms with van der Waals surface area (Å²) in [6.07, 6.45) is 4.33. The average Bonchev–Trinajstić information content (AvgIpc) is 3.41. The lowest BCUT2D eigenvalue weighted by Gasteiger charge is -2.26. The molecule has 0 saturated carbocycles. The number of aromatic carboxylic acids is 1. The summed E-state index contributed by atoms with van der Waals surface area (Å²) in [5.74, 6) is -1.41. The van der Waals surface area contributed by atoms with Crippen LogP contribution in [-0.2, 0) is 0 Å². The number of nitrogens with one attached hydrogen (secondary N) is 2. The van der Waals surface area contributed by atoms with Gasteiger partial charge in [-0.05, 0) is 55.1 Å². The van der Waals surface area contributed by atoms with Crippen molar-refractivity contribution in [2.45, 2.75) is 25.3 Å². The summed E-state index contributed by atoms with van der Waals surface area (Å²) in [6.45, 7) is 1.51. The van der Waals surface area contributed by atoms with Gasteiger partial charge in [0.25, 0.3) is 0 Å². The number of carboxylic acids is 1. The van der Waals surface area contributed by atoms with Crippen LogP contribution in [0.3, 0.4) is 0 Å². The fourth-order valence-electron chi connectivity index (χ4n) is 5.12. The summed E-state index contributed by atoms with van der Waals surface area (Å²) < 4.78 is 23.2. The fraction of sp³-hybridized carbons (Fsp3) is 0.214. The van der Waals surface area contributed by atoms with E-state index >= 15 is 4.39 Å². The molecule has 0 amide bonds. The van der Waals surface area contributed by atoms with Crippen LogP contribution in [0.5, 0.6) is 11.5 Å². The SMILES string of the molecule is O=C(O)c1cn2c3c(c(NCCC4CCCN4)c(F)cc3c1=O)Oc1ccc(-c3ccccc3)cc1-2. The minimum atomic E-state index is -1.37. The van der Waals surface area contributed by atoms with E-state index < -0.39 is 22.8 Å². The Bertz CT molecular complexity index is 1560. The Kier molecular flexibility index (Phi) is 5.45. The van der Waals surface area contributed by atoms with Gasteiger partial charge >= 0.3 is 5.97 Å². The molecule has 0 spiro atoms. The van der Waals surface area contributed by atoms with Crippen molar-refractivity contribution in [3.05, 3.63) is 82.4 Å². The van der Waals surface area contributed by atoms with E-state index in [1.807, 2.05) is 42.5 Å². The molecule has 2 aliphatic heterocycles. The maximum atomic E-state index is 15.3. The smallest absolute Gasteiger partial charge is 0.341 e. The molecule has 2 aliphatic rings. The zero-order valence-corrected chi connectivity index (χ0v) is 19.4. The van der Waals surface area contributed by atoms with Crippen LogP contribution in [0.4, 0.5) is 10.1 Å². The molecule has 36 heavy (non-hydrogen) atoms. The van der Waals surface area contributed by atoms with Crippen LogP contribution in [0.2, 0.25) is 0 Å². The third-order valence-corrected chi connectivity index (χ3v) is 6.92. The number of fused-ring (bicyclic) bond motifs is 2. The van der Waals surface area contributed by atoms with Crippen molar-refractivity contribution in [1.29, 1.82) is 0 Å². The molecule has 1 unspecified atom stereocenters. The van der Waals surface area contributed by atoms with Gasteiger partial charge in [-0.2, -0.15) is 0 Å². The molecule has 7 nitrogen and oxygen atoms in total. The maximum Gasteiger partial charge on any atom is 0.341 e. The topological polar surface area (TPSA) is 92.6 Å². The fourth-order valence-corrected chi connectivity index (χ4v) is 5.12. The van der Waals surface area contributed by atoms with Crippen molar-refractivity contribution in [1.82, 2.24) is 9.88 Å². The predicted molar refractivity (Wildman–Crippen MR) is 136 cm³/mol. The summed E-state index contributed by atoms with van der Waals surface area (Å²) in [6, 6.07) is 16.8. The van der Waals surface area contributed by atoms with Crippen LogP contribution in [0, 0.1) is 5.82 Å². The Labute approximate surface area is 206 Å². The molecule has 1 fully saturated rings. The Balaban J connectivity index is 1.52. The van der Waals surface area contributed by atoms with E-state index in [-0.39, 0.29) is 16.8 Å². The molecule has 3 heterocycles. The van der Waals surface area contributed by atoms with Crippen molar-refractivity contribution in [3.63, 3.8) is 0 Å². The Morgan fingerprint density at radius 1 is 1.17 bits per heavy atom. The highest BCUT2D eigenvalue weighted by atomic mass is 19.1. The van der Waals surface area contributed by atoms with Gasteiger partial charge in [-0.1, -0.05) is 36.4 Å². The molecule has 6 rings (SSSR count). The summed E-state index contributed by atoms with van der Waals surface area (Å²) in [7, 11) is 0. The van der Waals surface area contributed by atoms with Gasteiger partial charge in [0.2, 0.25) is 5.43 Å². The van der Waals surface area contributed by atoms with Crippen LogP contribution in [0.1, 0.15) is 29.6 Å². The number of anilines is 1. The molecule has 182 valence electrons. The van der Waals surface area contributed by atoms with Gasteiger partial charge in [0.15, 0.2) is 17.3 Å². The lowest BCUT2D eigenvalue weighted by Crippen LogP contribution is -2.25. The van der Waals surface area contributed by atoms with Crippen molar-refractivity contribution < 1.29 is 19.0 Å². The summed E-state index contributed by atoms with van der Waals surface area (Å²) >= 11 is 0. The first-order chi connectivity index (χ1) is 17.5. The van der Waals surface area contributed by atoms with Gasteiger partial charge < -0.3 is 25.0 Å². The summed E-state index contributed by atoms with van der Waals surface area (Å²) in [5, 5.41) is 16.3. The second-order valence-corrected chi connectivity index (χ2v) is 9.17. The molecular formula is C28H24FN3O4. The number of carbonyl (C=O) groups is 1. The van der Waals surface area contributed by atoms with Crippen LogP contribution in [-0.4, -0.2) is 34.8 Å². The number of rotatable bonds is 6. The van der Waals surface area contributed by atoms with E-state index in [1.54, 1.807) is 10.6 Å². The van der Waals surface area contributed by atoms with Gasteiger partial charge in [-0.15, -0.1) is 0 Å². The van der Waals surface area contributed by atoms with Crippen LogP contribution >= 0.6 is 0 Å². The van der Waals surface area contributed by atoms with E-state index in [1.165, 1.54) is 6.20 Å². The van der Waals surface area contributed by atoms with Crippen molar-refractivity contribution in [2.24, 2.45) is 0 Å². The molecule has 3 aromatic carbocycles. The average molecular weight is 486 g/mol. The minimum absolute atomic E-state index is 0.0406. The summed E-state index contributed by atoms with van der Waals surface area (Å²) in [4.78, 5) is 24.9. The highest BCUT2D eigenvalue weighted by Gasteiger charge is 2.29. The van der Waals surface area contributed by atoms with E-state index in [2.05, 4.69) is 10.6 Å². The minimum Gasteiger partial charge on any atom is -0.477 e. The molecule has 3 N–H and O–H groups in total. The normalized spacial score (nSPS) is 16.0. The highest BCUT2D eigenvalue weighted by molar-refractivity contribution is 5.99. The number of hydrogen-bond donors (Lipinski definition) is 3. The predicted octanol–water partition coefficient (Wildman–Crippen LogP) is 5.15. The van der Waals surface area contributed by atoms with Gasteiger partial charge in [-0.25, -0.2) is 9.18 Å². The number of pyridine rings is 1. The number of ether oxygens (including phenoxy) is 1. The quantitative estimate of drug-likeness (QED) is 0.308. The Hall–Kier alpha value is -4.17. The lowest BCUT2D eigenvalue weighted by molar-refractivity contribution is 0.0695. The molecule has 0 radical (unpaired) electrons. The van der Waals surface area contributed by atoms with Crippen LogP contribution in [0.15, 0.2) is 65.6 Å². The van der Waals surface area contributed by atoms with Gasteiger partial charge in [-0.3, -0.25) is 4.79 Å². The standard InChI is InChI=1S/C28H24FN3O4/c29-21-14-19-25-27(24(21)31-12-10-18-7-4-11-30-18)36-23-9-8-17(16-5-2-1-3-6-16)13-22(23)32(25)15-20(26(19)33)28(34)35/h1-3,5-6,8-9,13-15,18,30-31H,4,7,10-12H2,(H,34,35). The number of aromatic nitrogens is 1. The molecule has 1 aromatic heterocycles. The molecule has 1 saturated heterocycles. The van der Waals surface area contributed by atoms with Crippen molar-refractivity contribution in [3.8, 4) is 28.3 Å². The second kappa shape index (κ2) is 8.80.